The van der Waals surface area contributed by atoms with Crippen molar-refractivity contribution in [3.05, 3.63) is 48.1 Å². The summed E-state index contributed by atoms with van der Waals surface area (Å²) in [6.45, 7) is 8.63. The van der Waals surface area contributed by atoms with Crippen LogP contribution in [0.2, 0.25) is 0 Å². The molecule has 0 saturated heterocycles. The third-order valence-corrected chi connectivity index (χ3v) is 6.04. The van der Waals surface area contributed by atoms with Gasteiger partial charge in [0.1, 0.15) is 6.54 Å². The van der Waals surface area contributed by atoms with E-state index in [1.54, 1.807) is 35.1 Å². The van der Waals surface area contributed by atoms with E-state index in [1.807, 2.05) is 0 Å². The molecular weight excluding hydrogens is 428 g/mol. The molecule has 180 valence electrons. The van der Waals surface area contributed by atoms with Crippen molar-refractivity contribution < 1.29 is 18.4 Å². The normalized spacial score (nSPS) is 16.3. The monoisotopic (exact) mass is 461 g/mol. The molecule has 2 amide bonds. The van der Waals surface area contributed by atoms with Crippen molar-refractivity contribution in [3.63, 3.8) is 0 Å². The fraction of sp³-hybridized carbons (Fsp3) is 0.542. The fourth-order valence-corrected chi connectivity index (χ4v) is 4.18. The van der Waals surface area contributed by atoms with Gasteiger partial charge >= 0.3 is 0 Å². The average Bonchev–Trinajstić information content (AvgIpc) is 3.28. The van der Waals surface area contributed by atoms with Crippen LogP contribution in [0.4, 0.5) is 14.5 Å². The summed E-state index contributed by atoms with van der Waals surface area (Å²) in [5.41, 5.74) is 0.758. The third-order valence-electron chi connectivity index (χ3n) is 6.04. The molecule has 0 unspecified atom stereocenters. The lowest BCUT2D eigenvalue weighted by atomic mass is 10.1. The maximum absolute atomic E-state index is 14.3. The van der Waals surface area contributed by atoms with Crippen molar-refractivity contribution in [2.45, 2.75) is 59.2 Å². The van der Waals surface area contributed by atoms with E-state index in [9.17, 15) is 18.4 Å². The Morgan fingerprint density at radius 3 is 2.36 bits per heavy atom. The summed E-state index contributed by atoms with van der Waals surface area (Å²) in [4.78, 5) is 35.4. The molecule has 0 N–H and O–H groups in total. The molecule has 1 aromatic heterocycles. The zero-order chi connectivity index (χ0) is 24.0. The summed E-state index contributed by atoms with van der Waals surface area (Å²) in [7, 11) is 0. The number of benzene rings is 1. The Bertz CT molecular complexity index is 949. The molecule has 3 rings (SSSR count). The first-order valence-electron chi connectivity index (χ1n) is 11.6. The highest BCUT2D eigenvalue weighted by Crippen LogP contribution is 2.27. The molecule has 0 fully saturated rings. The van der Waals surface area contributed by atoms with Crippen LogP contribution in [-0.4, -0.2) is 63.4 Å². The summed E-state index contributed by atoms with van der Waals surface area (Å²) in [5.74, 6) is -2.30. The van der Waals surface area contributed by atoms with Crippen molar-refractivity contribution in [3.8, 4) is 0 Å². The third kappa shape index (κ3) is 6.37. The van der Waals surface area contributed by atoms with Gasteiger partial charge in [0, 0.05) is 63.6 Å². The number of rotatable bonds is 4. The Kier molecular flexibility index (Phi) is 8.55. The maximum Gasteiger partial charge on any atom is 0.242 e. The second-order valence-corrected chi connectivity index (χ2v) is 8.68. The number of halogens is 2. The van der Waals surface area contributed by atoms with Crippen LogP contribution < -0.4 is 4.90 Å². The minimum atomic E-state index is -1.00. The Morgan fingerprint density at radius 1 is 1.03 bits per heavy atom. The van der Waals surface area contributed by atoms with E-state index in [0.29, 0.717) is 36.8 Å². The number of anilines is 1. The molecule has 9 heteroatoms. The van der Waals surface area contributed by atoms with Gasteiger partial charge in [0.2, 0.25) is 11.8 Å². The number of carbonyl (C=O) groups is 2. The molecule has 2 heterocycles. The van der Waals surface area contributed by atoms with Gasteiger partial charge in [0.15, 0.2) is 11.6 Å². The molecule has 0 aliphatic carbocycles. The second-order valence-electron chi connectivity index (χ2n) is 8.68. The number of hydrogen-bond donors (Lipinski definition) is 0. The molecule has 1 aliphatic heterocycles. The van der Waals surface area contributed by atoms with Crippen LogP contribution in [0.5, 0.6) is 0 Å². The number of carbonyl (C=O) groups excluding carboxylic acids is 2. The van der Waals surface area contributed by atoms with Gasteiger partial charge < -0.3 is 19.3 Å². The molecule has 7 nitrogen and oxygen atoms in total. The number of fused-ring (bicyclic) bond motifs is 1. The van der Waals surface area contributed by atoms with Crippen LogP contribution >= 0.6 is 0 Å². The van der Waals surface area contributed by atoms with E-state index in [-0.39, 0.29) is 31.3 Å². The van der Waals surface area contributed by atoms with Gasteiger partial charge in [0.05, 0.1) is 12.0 Å². The summed E-state index contributed by atoms with van der Waals surface area (Å²) < 4.78 is 30.2. The quantitative estimate of drug-likeness (QED) is 0.700. The van der Waals surface area contributed by atoms with Crippen molar-refractivity contribution in [2.24, 2.45) is 0 Å². The van der Waals surface area contributed by atoms with E-state index >= 15 is 0 Å². The first-order chi connectivity index (χ1) is 15.8. The predicted octanol–water partition coefficient (Wildman–Crippen LogP) is 3.44. The molecule has 0 radical (unpaired) electrons. The van der Waals surface area contributed by atoms with Gasteiger partial charge in [-0.3, -0.25) is 9.59 Å². The minimum Gasteiger partial charge on any atom is -0.337 e. The Hall–Kier alpha value is -2.81. The van der Waals surface area contributed by atoms with E-state index < -0.39 is 11.6 Å². The van der Waals surface area contributed by atoms with E-state index in [1.165, 1.54) is 4.90 Å². The molecule has 0 spiro atoms. The van der Waals surface area contributed by atoms with Crippen molar-refractivity contribution >= 4 is 17.5 Å². The maximum atomic E-state index is 14.3. The van der Waals surface area contributed by atoms with Crippen LogP contribution in [0.3, 0.4) is 0 Å². The number of hydrogen-bond acceptors (Lipinski definition) is 4. The molecule has 0 bridgehead atoms. The highest BCUT2D eigenvalue weighted by Gasteiger charge is 2.24. The largest absolute Gasteiger partial charge is 0.337 e. The van der Waals surface area contributed by atoms with Crippen LogP contribution in [0.25, 0.3) is 0 Å². The second kappa shape index (κ2) is 11.4. The summed E-state index contributed by atoms with van der Waals surface area (Å²) >= 11 is 0. The van der Waals surface area contributed by atoms with E-state index in [2.05, 4.69) is 23.7 Å². The van der Waals surface area contributed by atoms with Gasteiger partial charge in [-0.15, -0.1) is 0 Å². The lowest BCUT2D eigenvalue weighted by molar-refractivity contribution is -0.132. The molecule has 0 atom stereocenters. The van der Waals surface area contributed by atoms with Crippen LogP contribution in [0, 0.1) is 11.6 Å². The lowest BCUT2D eigenvalue weighted by Crippen LogP contribution is -2.41. The summed E-state index contributed by atoms with van der Waals surface area (Å²) in [6.07, 6.45) is 6.59. The molecule has 2 aromatic rings. The first kappa shape index (κ1) is 24.8. The number of aromatic nitrogens is 2. The standard InChI is InChI=1S/C24H33F2N5O2/c1-4-23(32)31-11-6-9-29(18(2)3)8-5-10-30(24(33)16-28-12-7-27-17-28)15-19-13-20(25)21(26)14-22(19)31/h7,12-14,17-18H,4-6,8-11,15-16H2,1-3H3. The Balaban J connectivity index is 1.99. The molecular formula is C24H33F2N5O2. The Labute approximate surface area is 194 Å². The van der Waals surface area contributed by atoms with Crippen LogP contribution in [0.15, 0.2) is 30.9 Å². The average molecular weight is 462 g/mol. The van der Waals surface area contributed by atoms with E-state index in [4.69, 9.17) is 0 Å². The molecule has 33 heavy (non-hydrogen) atoms. The van der Waals surface area contributed by atoms with Crippen molar-refractivity contribution in [1.82, 2.24) is 19.4 Å². The highest BCUT2D eigenvalue weighted by molar-refractivity contribution is 5.94. The van der Waals surface area contributed by atoms with Crippen molar-refractivity contribution in [2.75, 3.05) is 31.1 Å². The SMILES string of the molecule is CCC(=O)N1CCCN(C(C)C)CCCN(C(=O)Cn2ccnc2)Cc2cc(F)c(F)cc21. The summed E-state index contributed by atoms with van der Waals surface area (Å²) in [6, 6.07) is 2.52. The minimum absolute atomic E-state index is 0.0925. The molecule has 1 aromatic carbocycles. The highest BCUT2D eigenvalue weighted by atomic mass is 19.2. The molecule has 0 saturated carbocycles. The fourth-order valence-electron chi connectivity index (χ4n) is 4.18. The van der Waals surface area contributed by atoms with E-state index in [0.717, 1.165) is 31.6 Å². The number of imidazole rings is 1. The van der Waals surface area contributed by atoms with Crippen molar-refractivity contribution in [1.29, 1.82) is 0 Å². The van der Waals surface area contributed by atoms with Gasteiger partial charge in [-0.1, -0.05) is 6.92 Å². The van der Waals surface area contributed by atoms with Gasteiger partial charge in [0.25, 0.3) is 0 Å². The van der Waals surface area contributed by atoms with Gasteiger partial charge in [-0.2, -0.15) is 0 Å². The zero-order valence-electron chi connectivity index (χ0n) is 19.6. The van der Waals surface area contributed by atoms with Crippen LogP contribution in [0.1, 0.15) is 45.6 Å². The summed E-state index contributed by atoms with van der Waals surface area (Å²) in [5, 5.41) is 0. The topological polar surface area (TPSA) is 61.7 Å². The Morgan fingerprint density at radius 2 is 1.73 bits per heavy atom. The number of nitrogens with zero attached hydrogens (tertiary/aromatic N) is 5. The van der Waals surface area contributed by atoms with Gasteiger partial charge in [-0.25, -0.2) is 13.8 Å². The zero-order valence-corrected chi connectivity index (χ0v) is 19.6. The van der Waals surface area contributed by atoms with Crippen LogP contribution in [-0.2, 0) is 22.7 Å². The molecule has 1 aliphatic rings. The predicted molar refractivity (Wildman–Crippen MR) is 123 cm³/mol. The number of amides is 2. The lowest BCUT2D eigenvalue weighted by Gasteiger charge is -2.33. The van der Waals surface area contributed by atoms with Gasteiger partial charge in [-0.05, 0) is 38.3 Å². The smallest absolute Gasteiger partial charge is 0.242 e. The first-order valence-corrected chi connectivity index (χ1v) is 11.6.